The third-order valence-electron chi connectivity index (χ3n) is 3.98. The van der Waals surface area contributed by atoms with Crippen LogP contribution in [0.4, 0.5) is 4.39 Å². The minimum atomic E-state index is -0.679. The summed E-state index contributed by atoms with van der Waals surface area (Å²) in [6.45, 7) is 2.75. The molecule has 1 atom stereocenters. The van der Waals surface area contributed by atoms with Gasteiger partial charge in [-0.15, -0.1) is 0 Å². The number of carbonyl (C=O) groups is 1. The van der Waals surface area contributed by atoms with E-state index in [0.717, 1.165) is 11.1 Å². The molecule has 0 unspecified atom stereocenters. The van der Waals surface area contributed by atoms with Crippen molar-refractivity contribution in [2.45, 2.75) is 26.1 Å². The number of rotatable bonds is 7. The predicted octanol–water partition coefficient (Wildman–Crippen LogP) is 3.15. The van der Waals surface area contributed by atoms with Gasteiger partial charge in [0.05, 0.1) is 6.33 Å². The van der Waals surface area contributed by atoms with E-state index >= 15 is 0 Å². The number of nitrogens with zero attached hydrogens (tertiary/aromatic N) is 2. The summed E-state index contributed by atoms with van der Waals surface area (Å²) in [5.41, 5.74) is 2.14. The van der Waals surface area contributed by atoms with Crippen LogP contribution in [-0.2, 0) is 17.9 Å². The van der Waals surface area contributed by atoms with Crippen LogP contribution in [0.2, 0.25) is 0 Å². The fourth-order valence-electron chi connectivity index (χ4n) is 2.56. The molecule has 1 N–H and O–H groups in total. The molecule has 1 amide bonds. The van der Waals surface area contributed by atoms with Crippen LogP contribution in [0.15, 0.2) is 67.3 Å². The molecule has 0 aliphatic rings. The molecule has 3 rings (SSSR count). The molecule has 0 saturated heterocycles. The smallest absolute Gasteiger partial charge is 0.261 e. The van der Waals surface area contributed by atoms with Crippen LogP contribution in [-0.4, -0.2) is 21.6 Å². The van der Waals surface area contributed by atoms with Crippen LogP contribution < -0.4 is 10.1 Å². The van der Waals surface area contributed by atoms with Crippen molar-refractivity contribution in [3.05, 3.63) is 84.2 Å². The van der Waals surface area contributed by atoms with E-state index in [1.165, 1.54) is 24.3 Å². The van der Waals surface area contributed by atoms with Gasteiger partial charge < -0.3 is 14.6 Å². The maximum absolute atomic E-state index is 12.9. The molecule has 1 heterocycles. The van der Waals surface area contributed by atoms with Gasteiger partial charge in [0.2, 0.25) is 0 Å². The average Bonchev–Trinajstić information content (AvgIpc) is 3.15. The fourth-order valence-corrected chi connectivity index (χ4v) is 2.56. The number of hydrogen-bond donors (Lipinski definition) is 1. The van der Waals surface area contributed by atoms with Crippen molar-refractivity contribution in [1.29, 1.82) is 0 Å². The van der Waals surface area contributed by atoms with E-state index in [4.69, 9.17) is 4.74 Å². The van der Waals surface area contributed by atoms with Gasteiger partial charge >= 0.3 is 0 Å². The van der Waals surface area contributed by atoms with E-state index in [0.29, 0.717) is 18.8 Å². The molecule has 26 heavy (non-hydrogen) atoms. The number of ether oxygens (including phenoxy) is 1. The molecule has 0 aliphatic carbocycles. The second kappa shape index (κ2) is 8.29. The standard InChI is InChI=1S/C20H20FN3O2/c1-15(26-19-8-6-18(21)7-9-19)20(25)23-12-16-4-2-3-5-17(16)13-24-11-10-22-14-24/h2-11,14-15H,12-13H2,1H3,(H,23,25)/t15-/m0/s1. The summed E-state index contributed by atoms with van der Waals surface area (Å²) in [6.07, 6.45) is 4.71. The number of imidazole rings is 1. The summed E-state index contributed by atoms with van der Waals surface area (Å²) < 4.78 is 20.4. The van der Waals surface area contributed by atoms with Gasteiger partial charge in [-0.25, -0.2) is 9.37 Å². The SMILES string of the molecule is C[C@H](Oc1ccc(F)cc1)C(=O)NCc1ccccc1Cn1ccnc1. The molecule has 0 aliphatic heterocycles. The number of aromatic nitrogens is 2. The molecule has 0 spiro atoms. The van der Waals surface area contributed by atoms with Crippen LogP contribution in [0.3, 0.4) is 0 Å². The molecule has 0 radical (unpaired) electrons. The van der Waals surface area contributed by atoms with Gasteiger partial charge in [-0.1, -0.05) is 24.3 Å². The summed E-state index contributed by atoms with van der Waals surface area (Å²) in [5, 5.41) is 2.89. The first-order valence-electron chi connectivity index (χ1n) is 8.34. The van der Waals surface area contributed by atoms with Gasteiger partial charge in [-0.05, 0) is 42.3 Å². The van der Waals surface area contributed by atoms with Gasteiger partial charge in [0.15, 0.2) is 6.10 Å². The second-order valence-electron chi connectivity index (χ2n) is 5.94. The number of nitrogens with one attached hydrogen (secondary N) is 1. The normalized spacial score (nSPS) is 11.8. The lowest BCUT2D eigenvalue weighted by molar-refractivity contribution is -0.127. The summed E-state index contributed by atoms with van der Waals surface area (Å²) in [6, 6.07) is 13.5. The number of hydrogen-bond acceptors (Lipinski definition) is 3. The largest absolute Gasteiger partial charge is 0.481 e. The van der Waals surface area contributed by atoms with Crippen molar-refractivity contribution in [3.8, 4) is 5.75 Å². The predicted molar refractivity (Wildman–Crippen MR) is 96.1 cm³/mol. The molecule has 134 valence electrons. The summed E-state index contributed by atoms with van der Waals surface area (Å²) >= 11 is 0. The molecular weight excluding hydrogens is 333 g/mol. The van der Waals surface area contributed by atoms with E-state index in [2.05, 4.69) is 10.3 Å². The van der Waals surface area contributed by atoms with Crippen molar-refractivity contribution < 1.29 is 13.9 Å². The third-order valence-corrected chi connectivity index (χ3v) is 3.98. The Labute approximate surface area is 151 Å². The van der Waals surface area contributed by atoms with Crippen LogP contribution in [0, 0.1) is 5.82 Å². The Kier molecular flexibility index (Phi) is 5.63. The van der Waals surface area contributed by atoms with Gasteiger partial charge in [-0.2, -0.15) is 0 Å². The van der Waals surface area contributed by atoms with E-state index in [1.807, 2.05) is 35.0 Å². The van der Waals surface area contributed by atoms with Crippen molar-refractivity contribution in [2.24, 2.45) is 0 Å². The lowest BCUT2D eigenvalue weighted by Crippen LogP contribution is -2.36. The highest BCUT2D eigenvalue weighted by atomic mass is 19.1. The molecule has 0 saturated carbocycles. The molecule has 0 bridgehead atoms. The topological polar surface area (TPSA) is 56.1 Å². The molecule has 6 heteroatoms. The Morgan fingerprint density at radius 1 is 1.19 bits per heavy atom. The molecule has 2 aromatic carbocycles. The highest BCUT2D eigenvalue weighted by Gasteiger charge is 2.15. The van der Waals surface area contributed by atoms with Crippen molar-refractivity contribution in [3.63, 3.8) is 0 Å². The first-order valence-corrected chi connectivity index (χ1v) is 8.34. The highest BCUT2D eigenvalue weighted by molar-refractivity contribution is 5.80. The Morgan fingerprint density at radius 3 is 2.62 bits per heavy atom. The van der Waals surface area contributed by atoms with Gasteiger partial charge in [0.25, 0.3) is 5.91 Å². The van der Waals surface area contributed by atoms with E-state index in [1.54, 1.807) is 19.4 Å². The maximum atomic E-state index is 12.9. The van der Waals surface area contributed by atoms with Crippen molar-refractivity contribution in [1.82, 2.24) is 14.9 Å². The van der Waals surface area contributed by atoms with Crippen molar-refractivity contribution >= 4 is 5.91 Å². The van der Waals surface area contributed by atoms with Gasteiger partial charge in [-0.3, -0.25) is 4.79 Å². The number of halogens is 1. The molecular formula is C20H20FN3O2. The zero-order chi connectivity index (χ0) is 18.4. The van der Waals surface area contributed by atoms with Crippen LogP contribution in [0.25, 0.3) is 0 Å². The Morgan fingerprint density at radius 2 is 1.92 bits per heavy atom. The zero-order valence-corrected chi connectivity index (χ0v) is 14.4. The van der Waals surface area contributed by atoms with Crippen molar-refractivity contribution in [2.75, 3.05) is 0 Å². The Balaban J connectivity index is 1.58. The molecule has 5 nitrogen and oxygen atoms in total. The second-order valence-corrected chi connectivity index (χ2v) is 5.94. The Hall–Kier alpha value is -3.15. The zero-order valence-electron chi connectivity index (χ0n) is 14.4. The van der Waals surface area contributed by atoms with Gasteiger partial charge in [0.1, 0.15) is 11.6 Å². The fraction of sp³-hybridized carbons (Fsp3) is 0.200. The highest BCUT2D eigenvalue weighted by Crippen LogP contribution is 2.14. The lowest BCUT2D eigenvalue weighted by Gasteiger charge is -2.16. The minimum absolute atomic E-state index is 0.230. The van der Waals surface area contributed by atoms with E-state index in [-0.39, 0.29) is 11.7 Å². The summed E-state index contributed by atoms with van der Waals surface area (Å²) in [5.74, 6) is -0.120. The van der Waals surface area contributed by atoms with Crippen LogP contribution in [0.1, 0.15) is 18.1 Å². The minimum Gasteiger partial charge on any atom is -0.481 e. The number of carbonyl (C=O) groups excluding carboxylic acids is 1. The number of benzene rings is 2. The van der Waals surface area contributed by atoms with E-state index in [9.17, 15) is 9.18 Å². The first-order chi connectivity index (χ1) is 12.6. The monoisotopic (exact) mass is 353 g/mol. The molecule has 0 fully saturated rings. The van der Waals surface area contributed by atoms with Gasteiger partial charge in [0, 0.05) is 25.5 Å². The number of amides is 1. The Bertz CT molecular complexity index is 848. The van der Waals surface area contributed by atoms with Crippen LogP contribution in [0.5, 0.6) is 5.75 Å². The molecule has 3 aromatic rings. The maximum Gasteiger partial charge on any atom is 0.261 e. The average molecular weight is 353 g/mol. The van der Waals surface area contributed by atoms with Crippen LogP contribution >= 0.6 is 0 Å². The summed E-state index contributed by atoms with van der Waals surface area (Å²) in [7, 11) is 0. The third kappa shape index (κ3) is 4.69. The quantitative estimate of drug-likeness (QED) is 0.710. The molecule has 1 aromatic heterocycles. The lowest BCUT2D eigenvalue weighted by atomic mass is 10.1. The first kappa shape index (κ1) is 17.7. The van der Waals surface area contributed by atoms with E-state index < -0.39 is 6.10 Å². The summed E-state index contributed by atoms with van der Waals surface area (Å²) in [4.78, 5) is 16.3.